The number of carboxylic acid groups (broad SMARTS) is 1. The van der Waals surface area contributed by atoms with Gasteiger partial charge in [0.1, 0.15) is 12.7 Å². The van der Waals surface area contributed by atoms with E-state index >= 15 is 0 Å². The Labute approximate surface area is 337 Å². The van der Waals surface area contributed by atoms with Gasteiger partial charge in [0.2, 0.25) is 5.91 Å². The van der Waals surface area contributed by atoms with E-state index in [9.17, 15) is 34.1 Å². The van der Waals surface area contributed by atoms with E-state index in [1.165, 1.54) is 0 Å². The molecule has 0 aliphatic heterocycles. The van der Waals surface area contributed by atoms with Crippen LogP contribution in [0, 0.1) is 0 Å². The van der Waals surface area contributed by atoms with E-state index in [1.807, 2.05) is 0 Å². The van der Waals surface area contributed by atoms with E-state index in [0.29, 0.717) is 12.8 Å². The number of ether oxygens (including phenoxy) is 1. The Morgan fingerprint density at radius 3 is 1.57 bits per heavy atom. The van der Waals surface area contributed by atoms with Gasteiger partial charge in [0.15, 0.2) is 6.04 Å². The number of unbranched alkanes of at least 4 members (excludes halogenated alkanes) is 9. The second-order valence-corrected chi connectivity index (χ2v) is 14.9. The number of hydrogen-bond donors (Lipinski definition) is 4. The van der Waals surface area contributed by atoms with E-state index in [2.05, 4.69) is 104 Å². The molecule has 318 valence electrons. The van der Waals surface area contributed by atoms with E-state index in [1.54, 1.807) is 0 Å². The van der Waals surface area contributed by atoms with Gasteiger partial charge in [0.05, 0.1) is 13.2 Å². The number of carbonyl (C=O) groups is 3. The highest BCUT2D eigenvalue weighted by Gasteiger charge is 2.28. The second kappa shape index (κ2) is 38.5. The van der Waals surface area contributed by atoms with Gasteiger partial charge in [-0.05, 0) is 83.5 Å². The van der Waals surface area contributed by atoms with Crippen LogP contribution in [0.5, 0.6) is 0 Å². The molecule has 0 aliphatic carbocycles. The first-order chi connectivity index (χ1) is 27.1. The Kier molecular flexibility index (Phi) is 36.2. The number of aliphatic carboxylic acids is 1. The zero-order valence-corrected chi connectivity index (χ0v) is 35.0. The van der Waals surface area contributed by atoms with Gasteiger partial charge in [-0.25, -0.2) is 9.36 Å². The van der Waals surface area contributed by atoms with Gasteiger partial charge in [-0.3, -0.25) is 18.6 Å². The van der Waals surface area contributed by atoms with E-state index < -0.39 is 57.6 Å². The molecule has 0 spiro atoms. The fourth-order valence-electron chi connectivity index (χ4n) is 4.97. The number of carbonyl (C=O) groups excluding carboxylic acids is 2. The topological polar surface area (TPSA) is 169 Å². The third kappa shape index (κ3) is 37.6. The fourth-order valence-corrected chi connectivity index (χ4v) is 5.74. The summed E-state index contributed by atoms with van der Waals surface area (Å²) in [5, 5.41) is 21.8. The van der Waals surface area contributed by atoms with Crippen molar-refractivity contribution < 1.29 is 47.8 Å². The second-order valence-electron chi connectivity index (χ2n) is 13.4. The van der Waals surface area contributed by atoms with Crippen LogP contribution < -0.4 is 5.32 Å². The average Bonchev–Trinajstić information content (AvgIpc) is 3.17. The van der Waals surface area contributed by atoms with Gasteiger partial charge < -0.3 is 25.2 Å². The maximum Gasteiger partial charge on any atom is 0.472 e. The van der Waals surface area contributed by atoms with Gasteiger partial charge >= 0.3 is 19.8 Å². The predicted octanol–water partition coefficient (Wildman–Crippen LogP) is 10.3. The first-order valence-corrected chi connectivity index (χ1v) is 22.1. The highest BCUT2D eigenvalue weighted by Crippen LogP contribution is 2.43. The number of phosphoric acid groups is 1. The summed E-state index contributed by atoms with van der Waals surface area (Å²) in [5.41, 5.74) is 0. The first kappa shape index (κ1) is 52.7. The predicted molar refractivity (Wildman–Crippen MR) is 226 cm³/mol. The lowest BCUT2D eigenvalue weighted by molar-refractivity contribution is -0.147. The number of allylic oxidation sites excluding steroid dienone is 14. The van der Waals surface area contributed by atoms with Gasteiger partial charge in [-0.15, -0.1) is 0 Å². The zero-order chi connectivity index (χ0) is 41.4. The maximum atomic E-state index is 12.3. The molecule has 3 atom stereocenters. The molecule has 1 amide bonds. The van der Waals surface area contributed by atoms with Crippen LogP contribution in [0.1, 0.15) is 142 Å². The van der Waals surface area contributed by atoms with Crippen LogP contribution >= 0.6 is 7.82 Å². The highest BCUT2D eigenvalue weighted by atomic mass is 31.2. The monoisotopic (exact) mass is 805 g/mol. The molecule has 0 rings (SSSR count). The standard InChI is InChI=1S/C44H72NO10P/c1-3-5-7-9-11-13-15-17-18-19-20-21-22-24-26-28-30-32-34-36-43(48)53-37-40(46)38-54-56(51,52)55-39-41(44(49)50)45-42(47)35-33-31-29-27-25-23-16-14-12-10-8-6-4-2/h5,7-8,10-11,13-14,16-18,20-21,24,26,40-41,46H,3-4,6,9,12,15,19,22-23,25,27-39H2,1-2H3,(H,45,47)(H,49,50)(H,51,52)/b7-5-,10-8-,13-11-,16-14-,18-17-,21-20-,26-24-. The molecule has 56 heavy (non-hydrogen) atoms. The van der Waals surface area contributed by atoms with Crippen molar-refractivity contribution in [3.05, 3.63) is 85.1 Å². The summed E-state index contributed by atoms with van der Waals surface area (Å²) >= 11 is 0. The minimum atomic E-state index is -4.77. The Bertz CT molecular complexity index is 1270. The number of carboxylic acids is 1. The third-order valence-corrected chi connectivity index (χ3v) is 9.10. The zero-order valence-electron chi connectivity index (χ0n) is 34.1. The number of hydrogen-bond acceptors (Lipinski definition) is 8. The molecule has 4 N–H and O–H groups in total. The van der Waals surface area contributed by atoms with Crippen molar-refractivity contribution >= 4 is 25.7 Å². The van der Waals surface area contributed by atoms with E-state index in [0.717, 1.165) is 103 Å². The van der Waals surface area contributed by atoms with Crippen molar-refractivity contribution in [1.29, 1.82) is 0 Å². The molecular formula is C44H72NO10P. The molecule has 0 aromatic heterocycles. The quantitative estimate of drug-likeness (QED) is 0.0205. The lowest BCUT2D eigenvalue weighted by Crippen LogP contribution is -2.43. The number of aliphatic hydroxyl groups is 1. The molecule has 0 saturated heterocycles. The van der Waals surface area contributed by atoms with E-state index in [4.69, 9.17) is 13.8 Å². The smallest absolute Gasteiger partial charge is 0.472 e. The molecule has 0 aliphatic rings. The lowest BCUT2D eigenvalue weighted by atomic mass is 10.1. The number of rotatable bonds is 37. The van der Waals surface area contributed by atoms with Crippen LogP contribution in [0.3, 0.4) is 0 Å². The average molecular weight is 806 g/mol. The minimum absolute atomic E-state index is 0.122. The Morgan fingerprint density at radius 2 is 1.04 bits per heavy atom. The highest BCUT2D eigenvalue weighted by molar-refractivity contribution is 7.47. The van der Waals surface area contributed by atoms with Crippen molar-refractivity contribution in [3.63, 3.8) is 0 Å². The van der Waals surface area contributed by atoms with E-state index in [-0.39, 0.29) is 12.8 Å². The Balaban J connectivity index is 4.01. The van der Waals surface area contributed by atoms with Crippen LogP contribution in [0.25, 0.3) is 0 Å². The van der Waals surface area contributed by atoms with Crippen LogP contribution in [0.2, 0.25) is 0 Å². The summed E-state index contributed by atoms with van der Waals surface area (Å²) in [7, 11) is -4.77. The van der Waals surface area contributed by atoms with Gasteiger partial charge in [0.25, 0.3) is 0 Å². The van der Waals surface area contributed by atoms with Crippen LogP contribution in [0.4, 0.5) is 0 Å². The van der Waals surface area contributed by atoms with Crippen molar-refractivity contribution in [2.24, 2.45) is 0 Å². The molecule has 11 nitrogen and oxygen atoms in total. The van der Waals surface area contributed by atoms with Crippen LogP contribution in [0.15, 0.2) is 85.1 Å². The summed E-state index contributed by atoms with van der Waals surface area (Å²) in [6.45, 7) is 2.34. The largest absolute Gasteiger partial charge is 0.480 e. The molecule has 0 saturated carbocycles. The maximum absolute atomic E-state index is 12.3. The number of aliphatic hydroxyl groups excluding tert-OH is 1. The summed E-state index contributed by atoms with van der Waals surface area (Å²) < 4.78 is 26.7. The molecular weight excluding hydrogens is 733 g/mol. The van der Waals surface area contributed by atoms with Crippen molar-refractivity contribution in [2.75, 3.05) is 19.8 Å². The summed E-state index contributed by atoms with van der Waals surface area (Å²) in [4.78, 5) is 45.8. The Hall–Kier alpha value is -3.34. The number of amides is 1. The molecule has 0 heterocycles. The molecule has 3 unspecified atom stereocenters. The molecule has 0 radical (unpaired) electrons. The van der Waals surface area contributed by atoms with Crippen molar-refractivity contribution in [1.82, 2.24) is 5.32 Å². The number of phosphoric ester groups is 1. The van der Waals surface area contributed by atoms with Crippen LogP contribution in [-0.4, -0.2) is 64.9 Å². The lowest BCUT2D eigenvalue weighted by Gasteiger charge is -2.18. The van der Waals surface area contributed by atoms with Crippen molar-refractivity contribution in [2.45, 2.75) is 154 Å². The van der Waals surface area contributed by atoms with Crippen molar-refractivity contribution in [3.8, 4) is 0 Å². The molecule has 0 fully saturated rings. The SMILES string of the molecule is CC/C=C\C/C=C\C/C=C\C/C=C\C/C=C\CCCCCC(=O)OCC(O)COP(=O)(O)OCC(NC(=O)CCCCCCC/C=C\C/C=C\CCC)C(=O)O. The van der Waals surface area contributed by atoms with Crippen LogP contribution in [-0.2, 0) is 32.7 Å². The third-order valence-electron chi connectivity index (χ3n) is 8.15. The number of nitrogens with one attached hydrogen (secondary N) is 1. The summed E-state index contributed by atoms with van der Waals surface area (Å²) in [6, 6.07) is -1.56. The van der Waals surface area contributed by atoms with Gasteiger partial charge in [0, 0.05) is 12.8 Å². The Morgan fingerprint density at radius 1 is 0.589 bits per heavy atom. The molecule has 12 heteroatoms. The number of esters is 1. The molecule has 0 bridgehead atoms. The molecule has 0 aromatic carbocycles. The normalized spacial score (nSPS) is 14.6. The minimum Gasteiger partial charge on any atom is -0.480 e. The molecule has 0 aromatic rings. The summed E-state index contributed by atoms with van der Waals surface area (Å²) in [5.74, 6) is -2.44. The van der Waals surface area contributed by atoms with Gasteiger partial charge in [-0.2, -0.15) is 0 Å². The van der Waals surface area contributed by atoms with Gasteiger partial charge in [-0.1, -0.05) is 131 Å². The summed E-state index contributed by atoms with van der Waals surface area (Å²) in [6.07, 6.45) is 46.1. The fraction of sp³-hybridized carbons (Fsp3) is 0.614. The first-order valence-electron chi connectivity index (χ1n) is 20.6.